The molecule has 0 bridgehead atoms. The van der Waals surface area contributed by atoms with E-state index in [0.717, 1.165) is 12.3 Å². The summed E-state index contributed by atoms with van der Waals surface area (Å²) in [7, 11) is 0. The van der Waals surface area contributed by atoms with Gasteiger partial charge in [0, 0.05) is 0 Å². The van der Waals surface area contributed by atoms with E-state index in [1.165, 1.54) is 57.1 Å². The van der Waals surface area contributed by atoms with E-state index in [4.69, 9.17) is 0 Å². The van der Waals surface area contributed by atoms with Gasteiger partial charge in [-0.2, -0.15) is 0 Å². The van der Waals surface area contributed by atoms with Crippen molar-refractivity contribution in [1.29, 1.82) is 0 Å². The van der Waals surface area contributed by atoms with E-state index in [2.05, 4.69) is 80.6 Å². The second-order valence-corrected chi connectivity index (χ2v) is 7.17. The molecule has 0 aliphatic rings. The third-order valence-electron chi connectivity index (χ3n) is 5.55. The van der Waals surface area contributed by atoms with Gasteiger partial charge in [0.25, 0.3) is 0 Å². The van der Waals surface area contributed by atoms with Crippen LogP contribution in [0.1, 0.15) is 38.7 Å². The van der Waals surface area contributed by atoms with Gasteiger partial charge in [0.05, 0.1) is 0 Å². The maximum atomic E-state index is 2.43. The molecule has 0 heteroatoms. The molecule has 0 aromatic heterocycles. The van der Waals surface area contributed by atoms with Crippen molar-refractivity contribution in [2.24, 2.45) is 5.92 Å². The van der Waals surface area contributed by atoms with Crippen molar-refractivity contribution in [3.05, 3.63) is 72.3 Å². The molecule has 4 rings (SSSR count). The van der Waals surface area contributed by atoms with Gasteiger partial charge in [-0.15, -0.1) is 0 Å². The standard InChI is InChI=1S/C25H26/c1-3-7-18(4-2)8-5-9-19-12-13-22-15-14-20-10-6-11-21-16-17-23(19)25(22)24(20)21/h5-6,8,10-18H,3-4,7,9H2,1-2H3. The Labute approximate surface area is 150 Å². The molecule has 1 atom stereocenters. The molecule has 0 aliphatic carbocycles. The molecule has 0 heterocycles. The topological polar surface area (TPSA) is 0 Å². The fraction of sp³-hybridized carbons (Fsp3) is 0.280. The molecule has 4 aromatic carbocycles. The summed E-state index contributed by atoms with van der Waals surface area (Å²) >= 11 is 0. The lowest BCUT2D eigenvalue weighted by atomic mass is 9.91. The molecule has 4 aromatic rings. The fourth-order valence-corrected chi connectivity index (χ4v) is 4.17. The van der Waals surface area contributed by atoms with Crippen LogP contribution in [0.15, 0.2) is 66.7 Å². The highest BCUT2D eigenvalue weighted by Gasteiger charge is 2.10. The van der Waals surface area contributed by atoms with Crippen molar-refractivity contribution in [3.8, 4) is 0 Å². The van der Waals surface area contributed by atoms with Gasteiger partial charge in [0.2, 0.25) is 0 Å². The normalized spacial score (nSPS) is 13.5. The number of hydrogen-bond acceptors (Lipinski definition) is 0. The van der Waals surface area contributed by atoms with Gasteiger partial charge in [-0.1, -0.05) is 87.0 Å². The molecule has 0 N–H and O–H groups in total. The zero-order valence-corrected chi connectivity index (χ0v) is 15.3. The lowest BCUT2D eigenvalue weighted by Gasteiger charge is -2.13. The van der Waals surface area contributed by atoms with Gasteiger partial charge in [0.15, 0.2) is 0 Å². The Hall–Kier alpha value is -2.34. The van der Waals surface area contributed by atoms with E-state index < -0.39 is 0 Å². The second kappa shape index (κ2) is 6.88. The Morgan fingerprint density at radius 3 is 2.20 bits per heavy atom. The molecular weight excluding hydrogens is 300 g/mol. The highest BCUT2D eigenvalue weighted by Crippen LogP contribution is 2.36. The van der Waals surface area contributed by atoms with Crippen LogP contribution in [0.4, 0.5) is 0 Å². The summed E-state index contributed by atoms with van der Waals surface area (Å²) < 4.78 is 0. The first-order valence-electron chi connectivity index (χ1n) is 9.64. The zero-order chi connectivity index (χ0) is 17.2. The van der Waals surface area contributed by atoms with Crippen LogP contribution in [0.3, 0.4) is 0 Å². The van der Waals surface area contributed by atoms with Crippen molar-refractivity contribution in [1.82, 2.24) is 0 Å². The zero-order valence-electron chi connectivity index (χ0n) is 15.3. The summed E-state index contributed by atoms with van der Waals surface area (Å²) in [6.07, 6.45) is 9.64. The van der Waals surface area contributed by atoms with Gasteiger partial charge in [-0.05, 0) is 63.1 Å². The molecule has 0 saturated heterocycles. The summed E-state index contributed by atoms with van der Waals surface area (Å²) in [5.74, 6) is 0.727. The van der Waals surface area contributed by atoms with Crippen molar-refractivity contribution < 1.29 is 0 Å². The molecule has 0 fully saturated rings. The van der Waals surface area contributed by atoms with Crippen LogP contribution in [-0.2, 0) is 6.42 Å². The van der Waals surface area contributed by atoms with E-state index in [0.29, 0.717) is 0 Å². The Bertz CT molecular complexity index is 1010. The summed E-state index contributed by atoms with van der Waals surface area (Å²) in [5, 5.41) is 8.30. The summed E-state index contributed by atoms with van der Waals surface area (Å²) in [6, 6.07) is 20.3. The van der Waals surface area contributed by atoms with Crippen molar-refractivity contribution in [2.45, 2.75) is 39.5 Å². The quantitative estimate of drug-likeness (QED) is 0.254. The monoisotopic (exact) mass is 326 g/mol. The Morgan fingerprint density at radius 1 is 0.800 bits per heavy atom. The predicted octanol–water partition coefficient (Wildman–Crippen LogP) is 7.51. The van der Waals surface area contributed by atoms with Crippen molar-refractivity contribution >= 4 is 32.3 Å². The molecule has 0 aliphatic heterocycles. The Balaban J connectivity index is 1.78. The van der Waals surface area contributed by atoms with Crippen LogP contribution < -0.4 is 0 Å². The number of hydrogen-bond donors (Lipinski definition) is 0. The number of rotatable bonds is 6. The minimum Gasteiger partial charge on any atom is -0.0851 e. The molecule has 25 heavy (non-hydrogen) atoms. The molecule has 0 nitrogen and oxygen atoms in total. The summed E-state index contributed by atoms with van der Waals surface area (Å²) in [6.45, 7) is 4.57. The van der Waals surface area contributed by atoms with Crippen LogP contribution in [0.5, 0.6) is 0 Å². The smallest absolute Gasteiger partial charge is 0.00239 e. The first kappa shape index (κ1) is 16.1. The molecule has 0 spiro atoms. The van der Waals surface area contributed by atoms with E-state index >= 15 is 0 Å². The maximum absolute atomic E-state index is 2.43. The molecule has 0 amide bonds. The van der Waals surface area contributed by atoms with E-state index in [1.807, 2.05) is 0 Å². The Morgan fingerprint density at radius 2 is 1.48 bits per heavy atom. The fourth-order valence-electron chi connectivity index (χ4n) is 4.17. The van der Waals surface area contributed by atoms with Crippen molar-refractivity contribution in [3.63, 3.8) is 0 Å². The average molecular weight is 326 g/mol. The van der Waals surface area contributed by atoms with Gasteiger partial charge in [-0.3, -0.25) is 0 Å². The van der Waals surface area contributed by atoms with Crippen LogP contribution in [-0.4, -0.2) is 0 Å². The third kappa shape index (κ3) is 2.91. The van der Waals surface area contributed by atoms with Gasteiger partial charge in [0.1, 0.15) is 0 Å². The molecule has 0 saturated carbocycles. The number of benzene rings is 4. The maximum Gasteiger partial charge on any atom is -0.00239 e. The predicted molar refractivity (Wildman–Crippen MR) is 112 cm³/mol. The van der Waals surface area contributed by atoms with Crippen molar-refractivity contribution in [2.75, 3.05) is 0 Å². The molecule has 0 radical (unpaired) electrons. The molecule has 1 unspecified atom stereocenters. The van der Waals surface area contributed by atoms with Crippen LogP contribution in [0.25, 0.3) is 32.3 Å². The van der Waals surface area contributed by atoms with E-state index in [1.54, 1.807) is 0 Å². The highest BCUT2D eigenvalue weighted by molar-refractivity contribution is 6.23. The van der Waals surface area contributed by atoms with Gasteiger partial charge >= 0.3 is 0 Å². The van der Waals surface area contributed by atoms with Gasteiger partial charge < -0.3 is 0 Å². The number of allylic oxidation sites excluding steroid dienone is 2. The minimum atomic E-state index is 0.727. The summed E-state index contributed by atoms with van der Waals surface area (Å²) in [4.78, 5) is 0. The second-order valence-electron chi connectivity index (χ2n) is 7.17. The van der Waals surface area contributed by atoms with Crippen LogP contribution in [0.2, 0.25) is 0 Å². The molecule has 126 valence electrons. The SMILES string of the molecule is CCCC(C=CCc1ccc2ccc3cccc4ccc1c2c34)CC. The summed E-state index contributed by atoms with van der Waals surface area (Å²) in [5.41, 5.74) is 1.44. The van der Waals surface area contributed by atoms with E-state index in [9.17, 15) is 0 Å². The average Bonchev–Trinajstić information content (AvgIpc) is 2.66. The lowest BCUT2D eigenvalue weighted by molar-refractivity contribution is 0.562. The third-order valence-corrected chi connectivity index (χ3v) is 5.55. The van der Waals surface area contributed by atoms with E-state index in [-0.39, 0.29) is 0 Å². The first-order chi connectivity index (χ1) is 12.3. The highest BCUT2D eigenvalue weighted by atomic mass is 14.1. The van der Waals surface area contributed by atoms with Crippen LogP contribution in [0, 0.1) is 5.92 Å². The van der Waals surface area contributed by atoms with Gasteiger partial charge in [-0.25, -0.2) is 0 Å². The largest absolute Gasteiger partial charge is 0.0851 e. The first-order valence-corrected chi connectivity index (χ1v) is 9.64. The lowest BCUT2D eigenvalue weighted by Crippen LogP contribution is -1.94. The Kier molecular flexibility index (Phi) is 4.44. The minimum absolute atomic E-state index is 0.727. The van der Waals surface area contributed by atoms with Crippen LogP contribution >= 0.6 is 0 Å². The molecular formula is C25H26.